The largest absolute Gasteiger partial charge is 0.277 e. The summed E-state index contributed by atoms with van der Waals surface area (Å²) in [5, 5.41) is 0. The zero-order valence-electron chi connectivity index (χ0n) is 21.4. The molecule has 2 nitrogen and oxygen atoms in total. The van der Waals surface area contributed by atoms with Gasteiger partial charge in [0.25, 0.3) is 11.4 Å². The first-order valence-corrected chi connectivity index (χ1v) is 12.9. The number of nitrogens with zero attached hydrogens (tertiary/aromatic N) is 2. The maximum atomic E-state index is 4.15. The van der Waals surface area contributed by atoms with Crippen molar-refractivity contribution in [2.75, 3.05) is 0 Å². The number of rotatable bonds is 10. The zero-order valence-corrected chi connectivity index (χ0v) is 21.4. The first-order chi connectivity index (χ1) is 15.3. The van der Waals surface area contributed by atoms with Crippen LogP contribution in [-0.2, 0) is 20.0 Å². The Bertz CT molecular complexity index is 889. The average Bonchev–Trinajstić information content (AvgIpc) is 2.73. The fourth-order valence-electron chi connectivity index (χ4n) is 5.69. The highest BCUT2D eigenvalue weighted by molar-refractivity contribution is 5.46. The van der Waals surface area contributed by atoms with E-state index in [9.17, 15) is 0 Å². The van der Waals surface area contributed by atoms with Crippen molar-refractivity contribution in [2.45, 2.75) is 92.0 Å². The number of hydrogen-bond acceptors (Lipinski definition) is 0. The van der Waals surface area contributed by atoms with Gasteiger partial charge < -0.3 is 0 Å². The molecule has 1 saturated carbocycles. The predicted octanol–water partition coefficient (Wildman–Crippen LogP) is 7.00. The molecule has 1 fully saturated rings. The number of pyridine rings is 2. The second-order valence-electron chi connectivity index (χ2n) is 11.1. The van der Waals surface area contributed by atoms with E-state index in [4.69, 9.17) is 0 Å². The Morgan fingerprint density at radius 2 is 1.91 bits per heavy atom. The fourth-order valence-corrected chi connectivity index (χ4v) is 5.69. The van der Waals surface area contributed by atoms with Crippen molar-refractivity contribution in [1.29, 1.82) is 0 Å². The van der Waals surface area contributed by atoms with Crippen LogP contribution in [0.15, 0.2) is 54.9 Å². The molecule has 1 aliphatic rings. The predicted molar refractivity (Wildman–Crippen MR) is 135 cm³/mol. The highest BCUT2D eigenvalue weighted by Gasteiger charge is 2.32. The second kappa shape index (κ2) is 11.3. The molecule has 2 aromatic heterocycles. The van der Waals surface area contributed by atoms with E-state index < -0.39 is 0 Å². The van der Waals surface area contributed by atoms with Gasteiger partial charge in [-0.1, -0.05) is 45.6 Å². The lowest BCUT2D eigenvalue weighted by Gasteiger charge is -2.37. The van der Waals surface area contributed by atoms with Crippen LogP contribution in [-0.4, -0.2) is 0 Å². The van der Waals surface area contributed by atoms with Gasteiger partial charge in [0.1, 0.15) is 7.05 Å². The van der Waals surface area contributed by atoms with E-state index >= 15 is 0 Å². The van der Waals surface area contributed by atoms with E-state index in [0.29, 0.717) is 11.3 Å². The summed E-state index contributed by atoms with van der Waals surface area (Å²) in [7, 11) is 2.14. The van der Waals surface area contributed by atoms with E-state index in [0.717, 1.165) is 18.9 Å². The molecule has 2 heterocycles. The number of aromatic nitrogens is 2. The Balaban J connectivity index is 1.81. The Kier molecular flexibility index (Phi) is 8.68. The van der Waals surface area contributed by atoms with E-state index in [2.05, 4.69) is 93.2 Å². The molecular weight excluding hydrogens is 388 g/mol. The minimum absolute atomic E-state index is 0.447. The summed E-state index contributed by atoms with van der Waals surface area (Å²) in [4.78, 5) is 0. The highest BCUT2D eigenvalue weighted by atomic mass is 15.0. The summed E-state index contributed by atoms with van der Waals surface area (Å²) in [6, 6.07) is 11.2. The van der Waals surface area contributed by atoms with Gasteiger partial charge >= 0.3 is 0 Å². The van der Waals surface area contributed by atoms with Crippen molar-refractivity contribution < 1.29 is 9.13 Å². The van der Waals surface area contributed by atoms with Crippen molar-refractivity contribution >= 4 is 0 Å². The molecule has 32 heavy (non-hydrogen) atoms. The second-order valence-corrected chi connectivity index (χ2v) is 11.1. The van der Waals surface area contributed by atoms with Crippen molar-refractivity contribution in [3.63, 3.8) is 0 Å². The Morgan fingerprint density at radius 3 is 2.56 bits per heavy atom. The molecule has 0 amide bonds. The van der Waals surface area contributed by atoms with Crippen LogP contribution in [0.3, 0.4) is 0 Å². The lowest BCUT2D eigenvalue weighted by molar-refractivity contribution is -0.709. The van der Waals surface area contributed by atoms with E-state index in [1.807, 2.05) is 0 Å². The standard InChI is InChI=1S/C30H46N2/c1-7-8-11-26-15-17-30(5,18-16-26)21-27-13-14-29(28-12-9-10-19-31(28)6)32(23-27)22-25(4)20-24(2)3/h9-10,12-14,19,23,25-26H,2,7-8,11,15-18,20-22H2,1,3-6H3/q+2. The lowest BCUT2D eigenvalue weighted by atomic mass is 9.68. The monoisotopic (exact) mass is 434 g/mol. The molecule has 174 valence electrons. The van der Waals surface area contributed by atoms with Gasteiger partial charge in [-0.3, -0.25) is 0 Å². The third-order valence-corrected chi connectivity index (χ3v) is 7.52. The molecule has 0 bridgehead atoms. The molecule has 0 spiro atoms. The molecule has 0 radical (unpaired) electrons. The zero-order chi connectivity index (χ0) is 23.1. The summed E-state index contributed by atoms with van der Waals surface area (Å²) in [6.07, 6.45) is 16.6. The van der Waals surface area contributed by atoms with Crippen molar-refractivity contribution in [3.8, 4) is 11.4 Å². The topological polar surface area (TPSA) is 7.76 Å². The summed E-state index contributed by atoms with van der Waals surface area (Å²) < 4.78 is 4.74. The van der Waals surface area contributed by atoms with Gasteiger partial charge in [0.15, 0.2) is 18.9 Å². The van der Waals surface area contributed by atoms with Crippen LogP contribution >= 0.6 is 0 Å². The SMILES string of the molecule is C=C(C)CC(C)C[n+]1cc(CC2(C)CCC(CCCC)CC2)ccc1-c1cccc[n+]1C. The summed E-state index contributed by atoms with van der Waals surface area (Å²) in [5.41, 5.74) is 5.78. The van der Waals surface area contributed by atoms with Crippen molar-refractivity contribution in [2.24, 2.45) is 24.3 Å². The summed E-state index contributed by atoms with van der Waals surface area (Å²) >= 11 is 0. The minimum Gasteiger partial charge on any atom is -0.196 e. The molecular formula is C30H46N2+2. The molecule has 0 saturated heterocycles. The van der Waals surface area contributed by atoms with E-state index in [-0.39, 0.29) is 0 Å². The van der Waals surface area contributed by atoms with Crippen LogP contribution in [0.2, 0.25) is 0 Å². The van der Waals surface area contributed by atoms with Crippen molar-refractivity contribution in [1.82, 2.24) is 0 Å². The summed E-state index contributed by atoms with van der Waals surface area (Å²) in [5.74, 6) is 1.54. The van der Waals surface area contributed by atoms with E-state index in [1.54, 1.807) is 0 Å². The summed E-state index contributed by atoms with van der Waals surface area (Å²) in [6.45, 7) is 14.5. The molecule has 2 heteroatoms. The first kappa shape index (κ1) is 24.7. The smallest absolute Gasteiger partial charge is 0.196 e. The number of hydrogen-bond donors (Lipinski definition) is 0. The maximum absolute atomic E-state index is 4.15. The Hall–Kier alpha value is -1.96. The first-order valence-electron chi connectivity index (χ1n) is 12.9. The van der Waals surface area contributed by atoms with Gasteiger partial charge in [0.05, 0.1) is 0 Å². The minimum atomic E-state index is 0.447. The average molecular weight is 435 g/mol. The van der Waals surface area contributed by atoms with Gasteiger partial charge in [0, 0.05) is 29.7 Å². The van der Waals surface area contributed by atoms with Crippen LogP contribution in [0.4, 0.5) is 0 Å². The highest BCUT2D eigenvalue weighted by Crippen LogP contribution is 2.42. The van der Waals surface area contributed by atoms with Gasteiger partial charge in [-0.25, -0.2) is 0 Å². The molecule has 1 atom stereocenters. The molecule has 1 aliphatic carbocycles. The number of allylic oxidation sites excluding steroid dienone is 1. The molecule has 1 unspecified atom stereocenters. The van der Waals surface area contributed by atoms with Gasteiger partial charge in [-0.05, 0) is 68.9 Å². The van der Waals surface area contributed by atoms with Crippen LogP contribution in [0, 0.1) is 17.3 Å². The van der Waals surface area contributed by atoms with Gasteiger partial charge in [0.2, 0.25) is 0 Å². The maximum Gasteiger partial charge on any atom is 0.277 e. The molecule has 0 aromatic carbocycles. The molecule has 2 aromatic rings. The lowest BCUT2D eigenvalue weighted by Crippen LogP contribution is -2.43. The number of aryl methyl sites for hydroxylation is 1. The van der Waals surface area contributed by atoms with Gasteiger partial charge in [-0.15, -0.1) is 6.58 Å². The Morgan fingerprint density at radius 1 is 1.16 bits per heavy atom. The normalized spacial score (nSPS) is 22.0. The van der Waals surface area contributed by atoms with Crippen LogP contribution < -0.4 is 9.13 Å². The van der Waals surface area contributed by atoms with Crippen LogP contribution in [0.1, 0.15) is 84.6 Å². The van der Waals surface area contributed by atoms with Crippen molar-refractivity contribution in [3.05, 3.63) is 60.4 Å². The molecule has 3 rings (SSSR count). The quantitative estimate of drug-likeness (QED) is 0.281. The van der Waals surface area contributed by atoms with Gasteiger partial charge in [-0.2, -0.15) is 9.13 Å². The van der Waals surface area contributed by atoms with Crippen LogP contribution in [0.25, 0.3) is 11.4 Å². The molecule has 0 aliphatic heterocycles. The van der Waals surface area contributed by atoms with E-state index in [1.165, 1.54) is 73.9 Å². The molecule has 0 N–H and O–H groups in total. The van der Waals surface area contributed by atoms with Crippen LogP contribution in [0.5, 0.6) is 0 Å². The third kappa shape index (κ3) is 6.77. The fraction of sp³-hybridized carbons (Fsp3) is 0.600. The number of unbranched alkanes of at least 4 members (excludes halogenated alkanes) is 1. The Labute approximate surface area is 197 Å². The third-order valence-electron chi connectivity index (χ3n) is 7.52.